The number of ether oxygens (including phenoxy) is 2. The summed E-state index contributed by atoms with van der Waals surface area (Å²) >= 11 is 0. The molecule has 1 aliphatic rings. The first kappa shape index (κ1) is 17.6. The molecule has 0 N–H and O–H groups in total. The second-order valence-electron chi connectivity index (χ2n) is 5.50. The maximum absolute atomic E-state index is 12.8. The molecule has 1 amide bonds. The van der Waals surface area contributed by atoms with Gasteiger partial charge in [-0.1, -0.05) is 18.2 Å². The van der Waals surface area contributed by atoms with Crippen molar-refractivity contribution in [2.24, 2.45) is 0 Å². The fourth-order valence-electron chi connectivity index (χ4n) is 2.56. The van der Waals surface area contributed by atoms with E-state index >= 15 is 0 Å². The van der Waals surface area contributed by atoms with Gasteiger partial charge in [-0.2, -0.15) is 13.2 Å². The highest BCUT2D eigenvalue weighted by molar-refractivity contribution is 5.81. The number of rotatable bonds is 5. The zero-order valence-electron chi connectivity index (χ0n) is 12.9. The summed E-state index contributed by atoms with van der Waals surface area (Å²) in [4.78, 5) is 13.4. The zero-order chi connectivity index (χ0) is 16.9. The first-order valence-electron chi connectivity index (χ1n) is 7.53. The second-order valence-corrected chi connectivity index (χ2v) is 5.50. The Bertz CT molecular complexity index is 501. The monoisotopic (exact) mass is 331 g/mol. The summed E-state index contributed by atoms with van der Waals surface area (Å²) in [6.07, 6.45) is -4.62. The average molecular weight is 331 g/mol. The fraction of sp³-hybridized carbons (Fsp3) is 0.562. The van der Waals surface area contributed by atoms with Gasteiger partial charge in [-0.3, -0.25) is 4.79 Å². The normalized spacial score (nSPS) is 17.6. The number of alkyl halides is 3. The molecule has 0 bridgehead atoms. The maximum atomic E-state index is 12.8. The van der Waals surface area contributed by atoms with Crippen molar-refractivity contribution in [3.05, 3.63) is 30.3 Å². The molecular weight excluding hydrogens is 311 g/mol. The van der Waals surface area contributed by atoms with Gasteiger partial charge in [0.1, 0.15) is 12.3 Å². The quantitative estimate of drug-likeness (QED) is 0.832. The van der Waals surface area contributed by atoms with Crippen molar-refractivity contribution < 1.29 is 27.4 Å². The molecule has 23 heavy (non-hydrogen) atoms. The van der Waals surface area contributed by atoms with E-state index in [2.05, 4.69) is 0 Å². The van der Waals surface area contributed by atoms with E-state index < -0.39 is 30.8 Å². The molecule has 1 aromatic carbocycles. The van der Waals surface area contributed by atoms with E-state index in [4.69, 9.17) is 9.47 Å². The number of benzene rings is 1. The van der Waals surface area contributed by atoms with Crippen LogP contribution in [0, 0.1) is 0 Å². The summed E-state index contributed by atoms with van der Waals surface area (Å²) in [5.41, 5.74) is 0. The molecule has 1 aromatic rings. The highest BCUT2D eigenvalue weighted by Crippen LogP contribution is 2.24. The van der Waals surface area contributed by atoms with Crippen molar-refractivity contribution in [2.75, 3.05) is 19.8 Å². The summed E-state index contributed by atoms with van der Waals surface area (Å²) < 4.78 is 49.2. The highest BCUT2D eigenvalue weighted by Gasteiger charge is 2.38. The van der Waals surface area contributed by atoms with Crippen LogP contribution in [0.4, 0.5) is 13.2 Å². The van der Waals surface area contributed by atoms with E-state index in [0.717, 1.165) is 4.90 Å². The number of hydrogen-bond donors (Lipinski definition) is 0. The molecule has 1 unspecified atom stereocenters. The fourth-order valence-corrected chi connectivity index (χ4v) is 2.56. The lowest BCUT2D eigenvalue weighted by atomic mass is 10.1. The van der Waals surface area contributed by atoms with Crippen LogP contribution in [0.5, 0.6) is 5.75 Å². The van der Waals surface area contributed by atoms with E-state index in [0.29, 0.717) is 31.8 Å². The lowest BCUT2D eigenvalue weighted by Gasteiger charge is -2.36. The maximum Gasteiger partial charge on any atom is 0.406 e. The van der Waals surface area contributed by atoms with E-state index in [9.17, 15) is 18.0 Å². The third-order valence-electron chi connectivity index (χ3n) is 3.67. The van der Waals surface area contributed by atoms with Crippen LogP contribution >= 0.6 is 0 Å². The van der Waals surface area contributed by atoms with Gasteiger partial charge in [0.05, 0.1) is 0 Å². The van der Waals surface area contributed by atoms with Gasteiger partial charge in [-0.05, 0) is 31.9 Å². The van der Waals surface area contributed by atoms with Crippen molar-refractivity contribution in [3.63, 3.8) is 0 Å². The molecular formula is C16H20F3NO3. The number of carbonyl (C=O) groups excluding carboxylic acids is 1. The molecule has 0 aliphatic carbocycles. The zero-order valence-corrected chi connectivity index (χ0v) is 12.9. The first-order valence-corrected chi connectivity index (χ1v) is 7.53. The molecule has 0 saturated carbocycles. The van der Waals surface area contributed by atoms with Gasteiger partial charge in [0.15, 0.2) is 6.10 Å². The summed E-state index contributed by atoms with van der Waals surface area (Å²) in [6, 6.07) is 8.10. The molecule has 1 heterocycles. The number of carbonyl (C=O) groups is 1. The Kier molecular flexibility index (Phi) is 5.87. The van der Waals surface area contributed by atoms with Crippen LogP contribution in [0.25, 0.3) is 0 Å². The summed E-state index contributed by atoms with van der Waals surface area (Å²) in [6.45, 7) is 0.928. The topological polar surface area (TPSA) is 38.8 Å². The molecule has 7 heteroatoms. The van der Waals surface area contributed by atoms with Gasteiger partial charge in [0.2, 0.25) is 0 Å². The lowest BCUT2D eigenvalue weighted by molar-refractivity contribution is -0.172. The van der Waals surface area contributed by atoms with Crippen LogP contribution < -0.4 is 4.74 Å². The Hall–Kier alpha value is -1.76. The molecule has 1 aliphatic heterocycles. The third-order valence-corrected chi connectivity index (χ3v) is 3.67. The van der Waals surface area contributed by atoms with Gasteiger partial charge in [-0.25, -0.2) is 0 Å². The van der Waals surface area contributed by atoms with Crippen LogP contribution in [-0.4, -0.2) is 48.9 Å². The van der Waals surface area contributed by atoms with Gasteiger partial charge >= 0.3 is 6.18 Å². The Morgan fingerprint density at radius 3 is 2.48 bits per heavy atom. The Morgan fingerprint density at radius 2 is 1.91 bits per heavy atom. The van der Waals surface area contributed by atoms with Gasteiger partial charge in [0.25, 0.3) is 5.91 Å². The van der Waals surface area contributed by atoms with Gasteiger partial charge in [0, 0.05) is 19.3 Å². The van der Waals surface area contributed by atoms with Crippen LogP contribution in [0.15, 0.2) is 30.3 Å². The van der Waals surface area contributed by atoms with Crippen LogP contribution in [-0.2, 0) is 9.53 Å². The van der Waals surface area contributed by atoms with Crippen LogP contribution in [0.2, 0.25) is 0 Å². The predicted molar refractivity (Wildman–Crippen MR) is 78.1 cm³/mol. The van der Waals surface area contributed by atoms with Gasteiger partial charge in [-0.15, -0.1) is 0 Å². The SMILES string of the molecule is CC(Oc1ccccc1)C(=O)N(CC(F)(F)F)C1CCOCC1. The minimum atomic E-state index is -4.44. The minimum Gasteiger partial charge on any atom is -0.481 e. The van der Waals surface area contributed by atoms with Gasteiger partial charge < -0.3 is 14.4 Å². The molecule has 0 radical (unpaired) electrons. The largest absolute Gasteiger partial charge is 0.481 e. The molecule has 2 rings (SSSR count). The predicted octanol–water partition coefficient (Wildman–Crippen LogP) is 3.02. The van der Waals surface area contributed by atoms with Crippen molar-refractivity contribution in [2.45, 2.75) is 38.1 Å². The van der Waals surface area contributed by atoms with E-state index in [-0.39, 0.29) is 0 Å². The second kappa shape index (κ2) is 7.68. The van der Waals surface area contributed by atoms with E-state index in [1.807, 2.05) is 0 Å². The Balaban J connectivity index is 2.08. The minimum absolute atomic E-state index is 0.361. The van der Waals surface area contributed by atoms with Crippen molar-refractivity contribution >= 4 is 5.91 Å². The Labute approximate surface area is 133 Å². The summed E-state index contributed by atoms with van der Waals surface area (Å²) in [5, 5.41) is 0. The number of halogens is 3. The molecule has 1 saturated heterocycles. The van der Waals surface area contributed by atoms with Crippen LogP contribution in [0.3, 0.4) is 0 Å². The number of para-hydroxylation sites is 1. The first-order chi connectivity index (χ1) is 10.9. The van der Waals surface area contributed by atoms with Crippen molar-refractivity contribution in [1.82, 2.24) is 4.90 Å². The molecule has 0 aromatic heterocycles. The molecule has 0 spiro atoms. The summed E-state index contributed by atoms with van der Waals surface area (Å²) in [7, 11) is 0. The van der Waals surface area contributed by atoms with E-state index in [1.54, 1.807) is 30.3 Å². The number of amides is 1. The molecule has 4 nitrogen and oxygen atoms in total. The standard InChI is InChI=1S/C16H20F3NO3/c1-12(23-14-5-3-2-4-6-14)15(21)20(11-16(17,18)19)13-7-9-22-10-8-13/h2-6,12-13H,7-11H2,1H3. The Morgan fingerprint density at radius 1 is 1.30 bits per heavy atom. The number of nitrogens with zero attached hydrogens (tertiary/aromatic N) is 1. The average Bonchev–Trinajstić information content (AvgIpc) is 2.53. The smallest absolute Gasteiger partial charge is 0.406 e. The van der Waals surface area contributed by atoms with Crippen molar-refractivity contribution in [3.8, 4) is 5.75 Å². The molecule has 128 valence electrons. The summed E-state index contributed by atoms with van der Waals surface area (Å²) in [5.74, 6) is -0.203. The molecule has 1 fully saturated rings. The molecule has 1 atom stereocenters. The lowest BCUT2D eigenvalue weighted by Crippen LogP contribution is -2.51. The van der Waals surface area contributed by atoms with Crippen LogP contribution in [0.1, 0.15) is 19.8 Å². The third kappa shape index (κ3) is 5.42. The van der Waals surface area contributed by atoms with E-state index in [1.165, 1.54) is 6.92 Å². The number of hydrogen-bond acceptors (Lipinski definition) is 3. The van der Waals surface area contributed by atoms with Crippen molar-refractivity contribution in [1.29, 1.82) is 0 Å². The highest BCUT2D eigenvalue weighted by atomic mass is 19.4.